The Labute approximate surface area is 164 Å². The summed E-state index contributed by atoms with van der Waals surface area (Å²) in [5, 5.41) is 9.33. The molecule has 0 atom stereocenters. The van der Waals surface area contributed by atoms with Crippen LogP contribution in [0.5, 0.6) is 5.88 Å². The molecule has 4 rings (SSSR count). The van der Waals surface area contributed by atoms with Crippen molar-refractivity contribution in [3.8, 4) is 5.88 Å². The molecule has 4 N–H and O–H groups in total. The topological polar surface area (TPSA) is 163 Å². The van der Waals surface area contributed by atoms with Gasteiger partial charge in [-0.25, -0.2) is 24.7 Å². The fourth-order valence-corrected chi connectivity index (χ4v) is 2.66. The van der Waals surface area contributed by atoms with Crippen molar-refractivity contribution in [2.75, 3.05) is 10.6 Å². The van der Waals surface area contributed by atoms with Crippen molar-refractivity contribution in [1.82, 2.24) is 29.7 Å². The molecule has 0 spiro atoms. The maximum absolute atomic E-state index is 12.4. The van der Waals surface area contributed by atoms with Gasteiger partial charge in [-0.3, -0.25) is 14.8 Å². The van der Waals surface area contributed by atoms with E-state index in [0.29, 0.717) is 11.6 Å². The van der Waals surface area contributed by atoms with E-state index in [2.05, 4.69) is 35.7 Å². The number of nitrogens with zero attached hydrogens (tertiary/aromatic N) is 6. The minimum absolute atomic E-state index is 0.0136. The number of ether oxygens (including phenoxy) is 1. The second kappa shape index (κ2) is 7.50. The number of carbonyl (C=O) groups excluding carboxylic acids is 2. The van der Waals surface area contributed by atoms with E-state index in [1.165, 1.54) is 24.3 Å². The minimum atomic E-state index is -0.866. The number of aromatic nitrogens is 6. The number of amides is 2. The fourth-order valence-electron chi connectivity index (χ4n) is 2.66. The van der Waals surface area contributed by atoms with Crippen LogP contribution >= 0.6 is 0 Å². The molecule has 1 saturated carbocycles. The number of aryl methyl sites for hydroxylation is 1. The number of primary amides is 1. The third-order valence-corrected chi connectivity index (χ3v) is 4.18. The molecular weight excluding hydrogens is 378 g/mol. The van der Waals surface area contributed by atoms with Gasteiger partial charge in [-0.1, -0.05) is 0 Å². The number of hydrogen-bond acceptors (Lipinski definition) is 9. The quantitative estimate of drug-likeness (QED) is 0.558. The molecular formula is C17H17N9O3. The first-order valence-corrected chi connectivity index (χ1v) is 8.71. The molecule has 148 valence electrons. The monoisotopic (exact) mass is 395 g/mol. The first kappa shape index (κ1) is 18.3. The molecule has 1 aliphatic rings. The number of carbonyl (C=O) groups is 2. The molecule has 0 bridgehead atoms. The number of anilines is 3. The highest BCUT2D eigenvalue weighted by atomic mass is 16.6. The summed E-state index contributed by atoms with van der Waals surface area (Å²) in [6.07, 6.45) is 8.57. The van der Waals surface area contributed by atoms with Crippen molar-refractivity contribution in [2.45, 2.75) is 18.8 Å². The van der Waals surface area contributed by atoms with Crippen molar-refractivity contribution >= 4 is 29.2 Å². The van der Waals surface area contributed by atoms with Gasteiger partial charge in [0, 0.05) is 13.0 Å². The third kappa shape index (κ3) is 4.10. The van der Waals surface area contributed by atoms with Crippen molar-refractivity contribution in [1.29, 1.82) is 0 Å². The van der Waals surface area contributed by atoms with Crippen molar-refractivity contribution in [2.24, 2.45) is 12.8 Å². The van der Waals surface area contributed by atoms with E-state index in [4.69, 9.17) is 10.5 Å². The van der Waals surface area contributed by atoms with E-state index in [1.54, 1.807) is 18.6 Å². The van der Waals surface area contributed by atoms with Crippen molar-refractivity contribution < 1.29 is 14.3 Å². The molecule has 12 nitrogen and oxygen atoms in total. The Hall–Kier alpha value is -4.09. The minimum Gasteiger partial charge on any atom is -0.387 e. The normalized spacial score (nSPS) is 13.0. The zero-order valence-corrected chi connectivity index (χ0v) is 15.4. The number of nitrogens with one attached hydrogen (secondary N) is 2. The highest BCUT2D eigenvalue weighted by Crippen LogP contribution is 2.40. The lowest BCUT2D eigenvalue weighted by atomic mass is 10.3. The molecule has 0 unspecified atom stereocenters. The molecule has 0 aromatic carbocycles. The zero-order chi connectivity index (χ0) is 20.4. The molecule has 2 amide bonds. The van der Waals surface area contributed by atoms with E-state index < -0.39 is 12.0 Å². The summed E-state index contributed by atoms with van der Waals surface area (Å²) in [5.74, 6) is -0.218. The molecule has 0 radical (unpaired) electrons. The van der Waals surface area contributed by atoms with Gasteiger partial charge in [0.15, 0.2) is 5.82 Å². The fraction of sp³-hybridized carbons (Fsp3) is 0.235. The van der Waals surface area contributed by atoms with E-state index in [-0.39, 0.29) is 23.1 Å². The van der Waals surface area contributed by atoms with Gasteiger partial charge in [-0.2, -0.15) is 5.10 Å². The molecule has 0 aliphatic heterocycles. The Bertz CT molecular complexity index is 1060. The Morgan fingerprint density at radius 3 is 2.66 bits per heavy atom. The molecule has 0 saturated heterocycles. The van der Waals surface area contributed by atoms with E-state index in [9.17, 15) is 9.59 Å². The Morgan fingerprint density at radius 2 is 1.97 bits per heavy atom. The van der Waals surface area contributed by atoms with Gasteiger partial charge in [0.05, 0.1) is 41.9 Å². The summed E-state index contributed by atoms with van der Waals surface area (Å²) >= 11 is 0. The van der Waals surface area contributed by atoms with Crippen LogP contribution in [0.1, 0.15) is 34.9 Å². The molecule has 1 aliphatic carbocycles. The van der Waals surface area contributed by atoms with E-state index in [1.807, 2.05) is 0 Å². The molecule has 29 heavy (non-hydrogen) atoms. The van der Waals surface area contributed by atoms with Crippen LogP contribution < -0.4 is 21.1 Å². The predicted molar refractivity (Wildman–Crippen MR) is 101 cm³/mol. The first-order valence-electron chi connectivity index (χ1n) is 8.71. The SMILES string of the molecule is Cn1ncc(NC(=O)Oc2nc(C3CC3)cnc2Nc2cncnc2)c1C(N)=O. The van der Waals surface area contributed by atoms with Crippen LogP contribution in [-0.4, -0.2) is 41.7 Å². The number of hydrogen-bond donors (Lipinski definition) is 3. The van der Waals surface area contributed by atoms with E-state index >= 15 is 0 Å². The molecule has 3 heterocycles. The summed E-state index contributed by atoms with van der Waals surface area (Å²) in [4.78, 5) is 40.5. The predicted octanol–water partition coefficient (Wildman–Crippen LogP) is 1.33. The molecule has 1 fully saturated rings. The number of nitrogens with two attached hydrogens (primary N) is 1. The molecule has 3 aromatic rings. The lowest BCUT2D eigenvalue weighted by Gasteiger charge is -2.12. The Kier molecular flexibility index (Phi) is 4.73. The molecule has 12 heteroatoms. The van der Waals surface area contributed by atoms with Gasteiger partial charge < -0.3 is 15.8 Å². The maximum Gasteiger partial charge on any atom is 0.418 e. The van der Waals surface area contributed by atoms with Gasteiger partial charge in [-0.05, 0) is 12.8 Å². The van der Waals surface area contributed by atoms with Gasteiger partial charge in [-0.15, -0.1) is 0 Å². The maximum atomic E-state index is 12.4. The molecule has 3 aromatic heterocycles. The summed E-state index contributed by atoms with van der Waals surface area (Å²) in [7, 11) is 1.53. The Morgan fingerprint density at radius 1 is 1.21 bits per heavy atom. The van der Waals surface area contributed by atoms with Crippen LogP contribution in [0.25, 0.3) is 0 Å². The van der Waals surface area contributed by atoms with Crippen LogP contribution in [0.2, 0.25) is 0 Å². The van der Waals surface area contributed by atoms with E-state index in [0.717, 1.165) is 18.5 Å². The second-order valence-corrected chi connectivity index (χ2v) is 6.38. The first-order chi connectivity index (χ1) is 14.0. The van der Waals surface area contributed by atoms with Crippen molar-refractivity contribution in [3.63, 3.8) is 0 Å². The van der Waals surface area contributed by atoms with Gasteiger partial charge in [0.25, 0.3) is 11.8 Å². The van der Waals surface area contributed by atoms with Crippen molar-refractivity contribution in [3.05, 3.63) is 42.5 Å². The highest BCUT2D eigenvalue weighted by molar-refractivity contribution is 6.00. The van der Waals surface area contributed by atoms with Crippen LogP contribution in [0.15, 0.2) is 31.1 Å². The van der Waals surface area contributed by atoms with Gasteiger partial charge >= 0.3 is 6.09 Å². The largest absolute Gasteiger partial charge is 0.418 e. The lowest BCUT2D eigenvalue weighted by Crippen LogP contribution is -2.22. The summed E-state index contributed by atoms with van der Waals surface area (Å²) < 4.78 is 6.63. The smallest absolute Gasteiger partial charge is 0.387 e. The third-order valence-electron chi connectivity index (χ3n) is 4.18. The van der Waals surface area contributed by atoms with Gasteiger partial charge in [0.1, 0.15) is 12.0 Å². The van der Waals surface area contributed by atoms with Gasteiger partial charge in [0.2, 0.25) is 0 Å². The van der Waals surface area contributed by atoms with Crippen LogP contribution in [0, 0.1) is 0 Å². The highest BCUT2D eigenvalue weighted by Gasteiger charge is 2.27. The second-order valence-electron chi connectivity index (χ2n) is 6.38. The average molecular weight is 395 g/mol. The van der Waals surface area contributed by atoms with Crippen LogP contribution in [0.3, 0.4) is 0 Å². The average Bonchev–Trinajstić information content (AvgIpc) is 3.47. The standard InChI is InChI=1S/C17H17N9O3/c1-26-13(14(18)27)12(7-22-26)25-17(28)29-16-15(23-10-4-19-8-20-5-10)21-6-11(24-16)9-2-3-9/h4-9H,2-3H2,1H3,(H2,18,27)(H,21,23)(H,25,28). The summed E-state index contributed by atoms with van der Waals surface area (Å²) in [6, 6.07) is 0. The summed E-state index contributed by atoms with van der Waals surface area (Å²) in [6.45, 7) is 0. The number of rotatable bonds is 6. The zero-order valence-electron chi connectivity index (χ0n) is 15.4. The van der Waals surface area contributed by atoms with Crippen LogP contribution in [0.4, 0.5) is 22.0 Å². The van der Waals surface area contributed by atoms with Crippen LogP contribution in [-0.2, 0) is 7.05 Å². The summed E-state index contributed by atoms with van der Waals surface area (Å²) in [5.41, 5.74) is 6.78. The lowest BCUT2D eigenvalue weighted by molar-refractivity contribution is 0.0992. The Balaban J connectivity index is 1.57.